The minimum atomic E-state index is -1.26. The van der Waals surface area contributed by atoms with E-state index >= 15 is 0 Å². The highest BCUT2D eigenvalue weighted by Crippen LogP contribution is 2.65. The third-order valence-corrected chi connectivity index (χ3v) is 8.20. The van der Waals surface area contributed by atoms with Crippen molar-refractivity contribution < 1.29 is 29.3 Å². The SMILES string of the molecule is C=CCN(C(=O)C1N([C@H](CO)c2ccccc2)C(=O)[C@@H]2[C@H](C(=O)O)[C@]3(CC)CCC12O3)C(C)(C)C. The lowest BCUT2D eigenvalue weighted by Gasteiger charge is -2.43. The quantitative estimate of drug-likeness (QED) is 0.550. The summed E-state index contributed by atoms with van der Waals surface area (Å²) in [5.41, 5.74) is -2.15. The number of hydrogen-bond donors (Lipinski definition) is 2. The van der Waals surface area contributed by atoms with Crippen LogP contribution in [0.3, 0.4) is 0 Å². The van der Waals surface area contributed by atoms with E-state index < -0.39 is 59.1 Å². The van der Waals surface area contributed by atoms with Gasteiger partial charge >= 0.3 is 5.97 Å². The fourth-order valence-corrected chi connectivity index (χ4v) is 6.65. The van der Waals surface area contributed by atoms with Crippen molar-refractivity contribution in [2.24, 2.45) is 11.8 Å². The van der Waals surface area contributed by atoms with Crippen LogP contribution in [-0.2, 0) is 19.1 Å². The zero-order valence-corrected chi connectivity index (χ0v) is 20.9. The molecule has 0 radical (unpaired) electrons. The van der Waals surface area contributed by atoms with E-state index in [1.807, 2.05) is 45.9 Å². The average Bonchev–Trinajstić information content (AvgIpc) is 3.42. The summed E-state index contributed by atoms with van der Waals surface area (Å²) >= 11 is 0. The number of ether oxygens (including phenoxy) is 1. The van der Waals surface area contributed by atoms with E-state index in [0.717, 1.165) is 0 Å². The second-order valence-electron chi connectivity index (χ2n) is 10.9. The molecule has 2 unspecified atom stereocenters. The van der Waals surface area contributed by atoms with Gasteiger partial charge in [0.1, 0.15) is 17.6 Å². The summed E-state index contributed by atoms with van der Waals surface area (Å²) in [6.07, 6.45) is 2.95. The molecule has 6 atom stereocenters. The summed E-state index contributed by atoms with van der Waals surface area (Å²) in [6.45, 7) is 11.3. The van der Waals surface area contributed by atoms with Crippen LogP contribution in [0.1, 0.15) is 58.6 Å². The van der Waals surface area contributed by atoms with Gasteiger partial charge in [-0.1, -0.05) is 43.3 Å². The number of benzene rings is 1. The van der Waals surface area contributed by atoms with Crippen molar-refractivity contribution >= 4 is 17.8 Å². The zero-order chi connectivity index (χ0) is 25.8. The second kappa shape index (κ2) is 8.75. The van der Waals surface area contributed by atoms with Crippen molar-refractivity contribution in [3.05, 3.63) is 48.6 Å². The van der Waals surface area contributed by atoms with Gasteiger partial charge in [0.25, 0.3) is 0 Å². The molecule has 35 heavy (non-hydrogen) atoms. The maximum Gasteiger partial charge on any atom is 0.310 e. The molecular weight excluding hydrogens is 448 g/mol. The minimum Gasteiger partial charge on any atom is -0.481 e. The molecule has 3 fully saturated rings. The topological polar surface area (TPSA) is 107 Å². The van der Waals surface area contributed by atoms with Gasteiger partial charge in [-0.05, 0) is 45.6 Å². The van der Waals surface area contributed by atoms with E-state index in [0.29, 0.717) is 24.8 Å². The lowest BCUT2D eigenvalue weighted by Crippen LogP contribution is -2.60. The number of hydrogen-bond acceptors (Lipinski definition) is 5. The fraction of sp³-hybridized carbons (Fsp3) is 0.593. The van der Waals surface area contributed by atoms with Crippen LogP contribution in [-0.4, -0.2) is 73.7 Å². The van der Waals surface area contributed by atoms with Crippen molar-refractivity contribution in [2.75, 3.05) is 13.2 Å². The molecule has 3 heterocycles. The summed E-state index contributed by atoms with van der Waals surface area (Å²) in [5.74, 6) is -3.89. The molecule has 8 nitrogen and oxygen atoms in total. The first-order valence-electron chi connectivity index (χ1n) is 12.3. The molecule has 4 rings (SSSR count). The Balaban J connectivity index is 1.91. The molecule has 0 aromatic heterocycles. The van der Waals surface area contributed by atoms with Crippen LogP contribution in [0.5, 0.6) is 0 Å². The third-order valence-electron chi connectivity index (χ3n) is 8.20. The highest BCUT2D eigenvalue weighted by molar-refractivity contribution is 5.98. The van der Waals surface area contributed by atoms with Gasteiger partial charge in [-0.25, -0.2) is 0 Å². The molecule has 3 saturated heterocycles. The summed E-state index contributed by atoms with van der Waals surface area (Å²) in [7, 11) is 0. The van der Waals surface area contributed by atoms with Crippen molar-refractivity contribution in [2.45, 2.75) is 75.8 Å². The van der Waals surface area contributed by atoms with Crippen molar-refractivity contribution in [1.82, 2.24) is 9.80 Å². The molecule has 0 aliphatic carbocycles. The normalized spacial score (nSPS) is 32.4. The highest BCUT2D eigenvalue weighted by atomic mass is 16.5. The van der Waals surface area contributed by atoms with Crippen LogP contribution >= 0.6 is 0 Å². The number of carbonyl (C=O) groups is 3. The fourth-order valence-electron chi connectivity index (χ4n) is 6.65. The maximum absolute atomic E-state index is 14.4. The minimum absolute atomic E-state index is 0.262. The van der Waals surface area contributed by atoms with Gasteiger partial charge in [0.2, 0.25) is 11.8 Å². The molecule has 1 spiro atoms. The molecule has 190 valence electrons. The first kappa shape index (κ1) is 25.4. The number of fused-ring (bicyclic) bond motifs is 1. The summed E-state index contributed by atoms with van der Waals surface area (Å²) in [4.78, 5) is 44.1. The first-order chi connectivity index (χ1) is 16.5. The van der Waals surface area contributed by atoms with Crippen molar-refractivity contribution in [3.8, 4) is 0 Å². The molecule has 1 aromatic rings. The molecule has 1 aromatic carbocycles. The second-order valence-corrected chi connectivity index (χ2v) is 10.9. The third kappa shape index (κ3) is 3.61. The predicted molar refractivity (Wildman–Crippen MR) is 129 cm³/mol. The lowest BCUT2D eigenvalue weighted by molar-refractivity contribution is -0.162. The largest absolute Gasteiger partial charge is 0.481 e. The number of carboxylic acid groups (broad SMARTS) is 1. The van der Waals surface area contributed by atoms with E-state index in [2.05, 4.69) is 6.58 Å². The van der Waals surface area contributed by atoms with E-state index in [9.17, 15) is 24.6 Å². The van der Waals surface area contributed by atoms with Gasteiger partial charge in [0.05, 0.1) is 24.2 Å². The zero-order valence-electron chi connectivity index (χ0n) is 20.9. The standard InChI is InChI=1S/C27H36N2O6/c1-6-15-28(25(3,4)5)23(32)21-27-14-13-26(7-2,35-27)20(24(33)34)19(27)22(31)29(21)18(16-30)17-11-9-8-10-12-17/h6,8-12,18-21,30H,1,7,13-16H2,2-5H3,(H,33,34)/t18-,19+,20-,21?,26+,27?/m1/s1. The Morgan fingerprint density at radius 2 is 1.94 bits per heavy atom. The van der Waals surface area contributed by atoms with Gasteiger partial charge in [0.15, 0.2) is 0 Å². The Labute approximate surface area is 206 Å². The number of carbonyl (C=O) groups excluding carboxylic acids is 2. The smallest absolute Gasteiger partial charge is 0.310 e. The first-order valence-corrected chi connectivity index (χ1v) is 12.3. The number of aliphatic carboxylic acids is 1. The van der Waals surface area contributed by atoms with Crippen LogP contribution in [0.25, 0.3) is 0 Å². The van der Waals surface area contributed by atoms with Crippen LogP contribution < -0.4 is 0 Å². The molecule has 8 heteroatoms. The Hall–Kier alpha value is -2.71. The summed E-state index contributed by atoms with van der Waals surface area (Å²) in [6, 6.07) is 7.18. The Kier molecular flexibility index (Phi) is 6.34. The van der Waals surface area contributed by atoms with Gasteiger partial charge in [-0.2, -0.15) is 0 Å². The van der Waals surface area contributed by atoms with Gasteiger partial charge < -0.3 is 24.7 Å². The van der Waals surface area contributed by atoms with Gasteiger partial charge in [-0.3, -0.25) is 14.4 Å². The number of likely N-dealkylation sites (tertiary alicyclic amines) is 1. The molecule has 3 aliphatic heterocycles. The molecule has 2 bridgehead atoms. The van der Waals surface area contributed by atoms with Gasteiger partial charge in [-0.15, -0.1) is 6.58 Å². The number of aliphatic hydroxyl groups is 1. The molecular formula is C27H36N2O6. The average molecular weight is 485 g/mol. The molecule has 0 saturated carbocycles. The van der Waals surface area contributed by atoms with E-state index in [-0.39, 0.29) is 12.5 Å². The van der Waals surface area contributed by atoms with E-state index in [4.69, 9.17) is 4.74 Å². The van der Waals surface area contributed by atoms with E-state index in [1.165, 1.54) is 4.90 Å². The predicted octanol–water partition coefficient (Wildman–Crippen LogP) is 2.77. The number of amides is 2. The van der Waals surface area contributed by atoms with Crippen LogP contribution in [0.4, 0.5) is 0 Å². The van der Waals surface area contributed by atoms with E-state index in [1.54, 1.807) is 23.1 Å². The molecule has 3 aliphatic rings. The van der Waals surface area contributed by atoms with Gasteiger partial charge in [0, 0.05) is 12.1 Å². The highest BCUT2D eigenvalue weighted by Gasteiger charge is 2.79. The molecule has 2 amide bonds. The van der Waals surface area contributed by atoms with Crippen molar-refractivity contribution in [1.29, 1.82) is 0 Å². The lowest BCUT2D eigenvalue weighted by atomic mass is 9.65. The van der Waals surface area contributed by atoms with Crippen LogP contribution in [0.15, 0.2) is 43.0 Å². The van der Waals surface area contributed by atoms with Crippen molar-refractivity contribution in [3.63, 3.8) is 0 Å². The number of carboxylic acids is 1. The maximum atomic E-state index is 14.4. The Bertz CT molecular complexity index is 1020. The summed E-state index contributed by atoms with van der Waals surface area (Å²) < 4.78 is 6.60. The Morgan fingerprint density at radius 3 is 2.46 bits per heavy atom. The van der Waals surface area contributed by atoms with Crippen LogP contribution in [0, 0.1) is 11.8 Å². The number of rotatable bonds is 8. The molecule has 2 N–H and O–H groups in total. The number of nitrogens with zero attached hydrogens (tertiary/aromatic N) is 2. The monoisotopic (exact) mass is 484 g/mol. The van der Waals surface area contributed by atoms with Crippen LogP contribution in [0.2, 0.25) is 0 Å². The summed E-state index contributed by atoms with van der Waals surface area (Å²) in [5, 5.41) is 20.7. The Morgan fingerprint density at radius 1 is 1.29 bits per heavy atom. The number of aliphatic hydroxyl groups excluding tert-OH is 1.